The fraction of sp³-hybridized carbons (Fsp3) is 0.571. The summed E-state index contributed by atoms with van der Waals surface area (Å²) in [6.45, 7) is 5.37. The van der Waals surface area contributed by atoms with Gasteiger partial charge < -0.3 is 10.1 Å². The second-order valence-electron chi connectivity index (χ2n) is 8.45. The van der Waals surface area contributed by atoms with E-state index in [1.165, 1.54) is 24.3 Å². The second-order valence-corrected chi connectivity index (χ2v) is 8.45. The molecule has 0 aromatic heterocycles. The van der Waals surface area contributed by atoms with Crippen molar-refractivity contribution in [3.05, 3.63) is 39.9 Å². The van der Waals surface area contributed by atoms with Gasteiger partial charge in [0.25, 0.3) is 5.69 Å². The number of hydrogen-bond acceptors (Lipinski definition) is 6. The van der Waals surface area contributed by atoms with Crippen molar-refractivity contribution in [1.82, 2.24) is 5.32 Å². The third-order valence-corrected chi connectivity index (χ3v) is 4.92. The van der Waals surface area contributed by atoms with E-state index in [0.717, 1.165) is 12.8 Å². The van der Waals surface area contributed by atoms with Gasteiger partial charge in [-0.1, -0.05) is 0 Å². The summed E-state index contributed by atoms with van der Waals surface area (Å²) >= 11 is 0. The molecule has 1 amide bonds. The monoisotopic (exact) mass is 404 g/mol. The molecule has 8 heteroatoms. The predicted octanol–water partition coefficient (Wildman–Crippen LogP) is 3.43. The standard InChI is InChI=1S/C21H28N2O6/c1-21(2,3)29-19(25)12-14-4-6-16(7-5-14)20(26)22-13-18(24)15-8-10-17(11-9-15)23(27)28/h8-11,14,16H,4-7,12-13H2,1-3H3,(H,22,26). The second kappa shape index (κ2) is 9.62. The highest BCUT2D eigenvalue weighted by atomic mass is 16.6. The van der Waals surface area contributed by atoms with E-state index < -0.39 is 10.5 Å². The molecule has 1 saturated carbocycles. The van der Waals surface area contributed by atoms with Gasteiger partial charge in [-0.05, 0) is 64.5 Å². The van der Waals surface area contributed by atoms with Gasteiger partial charge in [-0.25, -0.2) is 0 Å². The number of nitrogens with one attached hydrogen (secondary N) is 1. The maximum absolute atomic E-state index is 12.3. The van der Waals surface area contributed by atoms with Gasteiger partial charge in [0, 0.05) is 30.0 Å². The van der Waals surface area contributed by atoms with Crippen molar-refractivity contribution in [3.8, 4) is 0 Å². The van der Waals surface area contributed by atoms with Crippen molar-refractivity contribution in [2.75, 3.05) is 6.54 Å². The normalized spacial score (nSPS) is 19.3. The summed E-state index contributed by atoms with van der Waals surface area (Å²) in [4.78, 5) is 46.6. The number of esters is 1. The van der Waals surface area contributed by atoms with Crippen molar-refractivity contribution in [2.45, 2.75) is 58.5 Å². The van der Waals surface area contributed by atoms with Gasteiger partial charge in [0.15, 0.2) is 5.78 Å². The number of carbonyl (C=O) groups is 3. The largest absolute Gasteiger partial charge is 0.460 e. The number of carbonyl (C=O) groups excluding carboxylic acids is 3. The molecule has 1 aromatic rings. The molecule has 0 heterocycles. The van der Waals surface area contributed by atoms with Crippen LogP contribution in [0.5, 0.6) is 0 Å². The van der Waals surface area contributed by atoms with E-state index in [9.17, 15) is 24.5 Å². The summed E-state index contributed by atoms with van der Waals surface area (Å²) in [5.74, 6) is -0.632. The van der Waals surface area contributed by atoms with E-state index in [-0.39, 0.29) is 41.7 Å². The summed E-state index contributed by atoms with van der Waals surface area (Å²) in [5.41, 5.74) is -0.268. The SMILES string of the molecule is CC(C)(C)OC(=O)CC1CCC(C(=O)NCC(=O)c2ccc([N+](=O)[O-])cc2)CC1. The van der Waals surface area contributed by atoms with Crippen LogP contribution in [0.3, 0.4) is 0 Å². The first-order chi connectivity index (χ1) is 13.5. The third kappa shape index (κ3) is 7.29. The topological polar surface area (TPSA) is 116 Å². The molecular weight excluding hydrogens is 376 g/mol. The molecular formula is C21H28N2O6. The number of nitrogens with zero attached hydrogens (tertiary/aromatic N) is 1. The Morgan fingerprint density at radius 2 is 1.69 bits per heavy atom. The Morgan fingerprint density at radius 1 is 1.10 bits per heavy atom. The minimum atomic E-state index is -0.533. The van der Waals surface area contributed by atoms with E-state index in [1.54, 1.807) is 0 Å². The molecule has 29 heavy (non-hydrogen) atoms. The van der Waals surface area contributed by atoms with Crippen molar-refractivity contribution in [1.29, 1.82) is 0 Å². The molecule has 1 aliphatic rings. The Morgan fingerprint density at radius 3 is 2.21 bits per heavy atom. The molecule has 1 fully saturated rings. The molecule has 0 bridgehead atoms. The van der Waals surface area contributed by atoms with Crippen LogP contribution in [0.1, 0.15) is 63.2 Å². The molecule has 2 rings (SSSR count). The summed E-state index contributed by atoms with van der Waals surface area (Å²) in [6.07, 6.45) is 3.25. The van der Waals surface area contributed by atoms with E-state index >= 15 is 0 Å². The number of nitro benzene ring substituents is 1. The molecule has 0 spiro atoms. The molecule has 0 radical (unpaired) electrons. The first kappa shape index (κ1) is 22.5. The highest BCUT2D eigenvalue weighted by Crippen LogP contribution is 2.31. The number of non-ortho nitro benzene ring substituents is 1. The lowest BCUT2D eigenvalue weighted by Crippen LogP contribution is -2.36. The van der Waals surface area contributed by atoms with Gasteiger partial charge in [0.05, 0.1) is 11.5 Å². The maximum atomic E-state index is 12.3. The molecule has 1 aliphatic carbocycles. The Labute approximate surface area is 170 Å². The van der Waals surface area contributed by atoms with E-state index in [2.05, 4.69) is 5.32 Å². The number of benzene rings is 1. The van der Waals surface area contributed by atoms with Crippen molar-refractivity contribution in [2.24, 2.45) is 11.8 Å². The number of nitro groups is 1. The lowest BCUT2D eigenvalue weighted by Gasteiger charge is -2.28. The van der Waals surface area contributed by atoms with Crippen LogP contribution in [0, 0.1) is 22.0 Å². The number of ketones is 1. The zero-order valence-electron chi connectivity index (χ0n) is 17.1. The molecule has 1 N–H and O–H groups in total. The van der Waals surface area contributed by atoms with Gasteiger partial charge in [0.1, 0.15) is 5.60 Å². The zero-order chi connectivity index (χ0) is 21.6. The third-order valence-electron chi connectivity index (χ3n) is 4.92. The average molecular weight is 404 g/mol. The lowest BCUT2D eigenvalue weighted by atomic mass is 9.80. The summed E-state index contributed by atoms with van der Waals surface area (Å²) in [6, 6.07) is 5.30. The van der Waals surface area contributed by atoms with Crippen LogP contribution in [0.15, 0.2) is 24.3 Å². The van der Waals surface area contributed by atoms with Crippen LogP contribution in [0.25, 0.3) is 0 Å². The molecule has 158 valence electrons. The van der Waals surface area contributed by atoms with Crippen LogP contribution in [-0.2, 0) is 14.3 Å². The highest BCUT2D eigenvalue weighted by Gasteiger charge is 2.29. The molecule has 0 aliphatic heterocycles. The van der Waals surface area contributed by atoms with Crippen LogP contribution in [0.2, 0.25) is 0 Å². The van der Waals surface area contributed by atoms with E-state index in [1.807, 2.05) is 20.8 Å². The van der Waals surface area contributed by atoms with Crippen LogP contribution in [0.4, 0.5) is 5.69 Å². The minimum absolute atomic E-state index is 0.0891. The smallest absolute Gasteiger partial charge is 0.306 e. The average Bonchev–Trinajstić information content (AvgIpc) is 2.65. The van der Waals surface area contributed by atoms with Crippen molar-refractivity contribution < 1.29 is 24.0 Å². The minimum Gasteiger partial charge on any atom is -0.460 e. The molecule has 1 aromatic carbocycles. The lowest BCUT2D eigenvalue weighted by molar-refractivity contribution is -0.384. The summed E-state index contributed by atoms with van der Waals surface area (Å²) in [5, 5.41) is 13.3. The summed E-state index contributed by atoms with van der Waals surface area (Å²) < 4.78 is 5.35. The van der Waals surface area contributed by atoms with Crippen LogP contribution >= 0.6 is 0 Å². The Hall–Kier alpha value is -2.77. The van der Waals surface area contributed by atoms with Crippen molar-refractivity contribution in [3.63, 3.8) is 0 Å². The molecule has 8 nitrogen and oxygen atoms in total. The fourth-order valence-corrected chi connectivity index (χ4v) is 3.43. The Bertz CT molecular complexity index is 758. The quantitative estimate of drug-likeness (QED) is 0.322. The number of amides is 1. The van der Waals surface area contributed by atoms with Crippen LogP contribution in [-0.4, -0.2) is 34.7 Å². The Balaban J connectivity index is 1.74. The van der Waals surface area contributed by atoms with Crippen LogP contribution < -0.4 is 5.32 Å². The molecule has 0 atom stereocenters. The van der Waals surface area contributed by atoms with E-state index in [4.69, 9.17) is 4.74 Å². The first-order valence-electron chi connectivity index (χ1n) is 9.82. The zero-order valence-corrected chi connectivity index (χ0v) is 17.1. The number of hydrogen-bond donors (Lipinski definition) is 1. The predicted molar refractivity (Wildman–Crippen MR) is 106 cm³/mol. The number of ether oxygens (including phenoxy) is 1. The highest BCUT2D eigenvalue weighted by molar-refractivity contribution is 5.99. The fourth-order valence-electron chi connectivity index (χ4n) is 3.43. The van der Waals surface area contributed by atoms with Gasteiger partial charge >= 0.3 is 5.97 Å². The van der Waals surface area contributed by atoms with Gasteiger partial charge in [-0.15, -0.1) is 0 Å². The first-order valence-corrected chi connectivity index (χ1v) is 9.82. The van der Waals surface area contributed by atoms with E-state index in [0.29, 0.717) is 24.8 Å². The van der Waals surface area contributed by atoms with Gasteiger partial charge in [-0.2, -0.15) is 0 Å². The molecule has 0 saturated heterocycles. The Kier molecular flexibility index (Phi) is 7.47. The van der Waals surface area contributed by atoms with Crippen molar-refractivity contribution >= 4 is 23.3 Å². The van der Waals surface area contributed by atoms with Gasteiger partial charge in [-0.3, -0.25) is 24.5 Å². The summed E-state index contributed by atoms with van der Waals surface area (Å²) in [7, 11) is 0. The molecule has 0 unspecified atom stereocenters. The van der Waals surface area contributed by atoms with Gasteiger partial charge in [0.2, 0.25) is 5.91 Å². The number of Topliss-reactive ketones (excluding diaryl/α,β-unsaturated/α-hetero) is 1. The number of rotatable bonds is 7. The maximum Gasteiger partial charge on any atom is 0.306 e.